The Kier molecular flexibility index (Phi) is 5.93. The molecule has 4 rings (SSSR count). The summed E-state index contributed by atoms with van der Waals surface area (Å²) in [5, 5.41) is 9.15. The first-order chi connectivity index (χ1) is 15.0. The van der Waals surface area contributed by atoms with Gasteiger partial charge in [0.2, 0.25) is 0 Å². The maximum Gasteiger partial charge on any atom is 0.274 e. The van der Waals surface area contributed by atoms with Gasteiger partial charge in [-0.15, -0.1) is 0 Å². The minimum atomic E-state index is -0.164. The third-order valence-electron chi connectivity index (χ3n) is 5.74. The molecule has 0 bridgehead atoms. The minimum Gasteiger partial charge on any atom is -0.497 e. The van der Waals surface area contributed by atoms with Gasteiger partial charge in [0.1, 0.15) is 5.75 Å². The van der Waals surface area contributed by atoms with Gasteiger partial charge in [-0.1, -0.05) is 24.3 Å². The lowest BCUT2D eigenvalue weighted by Gasteiger charge is -2.33. The molecule has 0 spiro atoms. The first kappa shape index (κ1) is 20.9. The number of methoxy groups -OCH3 is 1. The molecule has 3 aromatic rings. The molecular formula is C24H28N4O3. The van der Waals surface area contributed by atoms with Gasteiger partial charge in [0, 0.05) is 36.3 Å². The van der Waals surface area contributed by atoms with Gasteiger partial charge < -0.3 is 15.0 Å². The van der Waals surface area contributed by atoms with Crippen LogP contribution in [-0.2, 0) is 0 Å². The molecule has 1 saturated heterocycles. The van der Waals surface area contributed by atoms with Crippen LogP contribution in [0.5, 0.6) is 5.75 Å². The molecule has 0 radical (unpaired) electrons. The van der Waals surface area contributed by atoms with Gasteiger partial charge >= 0.3 is 0 Å². The van der Waals surface area contributed by atoms with E-state index in [4.69, 9.17) is 4.74 Å². The quantitative estimate of drug-likeness (QED) is 0.681. The number of aromatic nitrogens is 2. The number of rotatable bonds is 5. The molecule has 1 amide bonds. The lowest BCUT2D eigenvalue weighted by Crippen LogP contribution is -2.43. The predicted octanol–water partition coefficient (Wildman–Crippen LogP) is 3.70. The highest BCUT2D eigenvalue weighted by Crippen LogP contribution is 2.23. The van der Waals surface area contributed by atoms with Crippen LogP contribution in [0.3, 0.4) is 0 Å². The van der Waals surface area contributed by atoms with Crippen molar-refractivity contribution in [3.63, 3.8) is 0 Å². The first-order valence-corrected chi connectivity index (χ1v) is 10.7. The summed E-state index contributed by atoms with van der Waals surface area (Å²) in [6.45, 7) is 5.06. The molecule has 2 heterocycles. The van der Waals surface area contributed by atoms with E-state index in [2.05, 4.69) is 10.4 Å². The van der Waals surface area contributed by atoms with Gasteiger partial charge in [-0.2, -0.15) is 5.10 Å². The van der Waals surface area contributed by atoms with Crippen molar-refractivity contribution in [2.75, 3.05) is 25.5 Å². The molecule has 2 aromatic carbocycles. The van der Waals surface area contributed by atoms with E-state index in [9.17, 15) is 9.59 Å². The second kappa shape index (κ2) is 8.79. The van der Waals surface area contributed by atoms with E-state index in [1.165, 1.54) is 4.68 Å². The number of benzene rings is 2. The van der Waals surface area contributed by atoms with E-state index in [0.29, 0.717) is 29.6 Å². The number of amides is 1. The number of carbonyl (C=O) groups is 1. The Morgan fingerprint density at radius 2 is 1.81 bits per heavy atom. The third-order valence-corrected chi connectivity index (χ3v) is 5.74. The highest BCUT2D eigenvalue weighted by Gasteiger charge is 2.27. The van der Waals surface area contributed by atoms with Crippen molar-refractivity contribution in [1.29, 1.82) is 0 Å². The van der Waals surface area contributed by atoms with Gasteiger partial charge in [0.15, 0.2) is 5.69 Å². The average Bonchev–Trinajstić information content (AvgIpc) is 2.79. The molecule has 0 saturated carbocycles. The molecule has 0 unspecified atom stereocenters. The van der Waals surface area contributed by atoms with E-state index in [1.54, 1.807) is 19.2 Å². The molecule has 31 heavy (non-hydrogen) atoms. The fourth-order valence-electron chi connectivity index (χ4n) is 4.04. The van der Waals surface area contributed by atoms with Crippen LogP contribution in [-0.4, -0.2) is 46.8 Å². The predicted molar refractivity (Wildman–Crippen MR) is 122 cm³/mol. The number of ether oxygens (including phenoxy) is 1. The zero-order valence-electron chi connectivity index (χ0n) is 18.2. The van der Waals surface area contributed by atoms with Gasteiger partial charge in [-0.3, -0.25) is 9.59 Å². The van der Waals surface area contributed by atoms with Crippen molar-refractivity contribution in [2.24, 2.45) is 0 Å². The molecule has 0 aliphatic carbocycles. The fraction of sp³-hybridized carbons (Fsp3) is 0.375. The summed E-state index contributed by atoms with van der Waals surface area (Å²) in [6.07, 6.45) is 1.68. The van der Waals surface area contributed by atoms with Crippen molar-refractivity contribution in [2.45, 2.75) is 38.8 Å². The summed E-state index contributed by atoms with van der Waals surface area (Å²) >= 11 is 0. The lowest BCUT2D eigenvalue weighted by atomic mass is 10.0. The Labute approximate surface area is 181 Å². The molecule has 7 heteroatoms. The van der Waals surface area contributed by atoms with Gasteiger partial charge in [0.25, 0.3) is 11.5 Å². The third kappa shape index (κ3) is 4.26. The van der Waals surface area contributed by atoms with Crippen molar-refractivity contribution in [3.8, 4) is 5.75 Å². The number of nitrogens with zero attached hydrogens (tertiary/aromatic N) is 3. The smallest absolute Gasteiger partial charge is 0.274 e. The highest BCUT2D eigenvalue weighted by molar-refractivity contribution is 6.04. The molecule has 1 aliphatic heterocycles. The summed E-state index contributed by atoms with van der Waals surface area (Å²) in [5.74, 6) is 0.696. The number of fused-ring (bicyclic) bond motifs is 1. The van der Waals surface area contributed by atoms with E-state index >= 15 is 0 Å². The van der Waals surface area contributed by atoms with Crippen LogP contribution < -0.4 is 15.6 Å². The summed E-state index contributed by atoms with van der Waals surface area (Å²) in [6, 6.07) is 15.3. The van der Waals surface area contributed by atoms with E-state index < -0.39 is 0 Å². The topological polar surface area (TPSA) is 76.5 Å². The van der Waals surface area contributed by atoms with Crippen LogP contribution in [0.15, 0.2) is 53.3 Å². The SMILES string of the molecule is COc1cccc(NC2CCN(C(=O)c3nn(C(C)C)c(=O)c4ccccc34)CC2)c1. The van der Waals surface area contributed by atoms with E-state index in [-0.39, 0.29) is 23.6 Å². The van der Waals surface area contributed by atoms with Gasteiger partial charge in [-0.25, -0.2) is 4.68 Å². The number of anilines is 1. The molecule has 1 fully saturated rings. The minimum absolute atomic E-state index is 0.120. The Morgan fingerprint density at radius 3 is 2.48 bits per heavy atom. The van der Waals surface area contributed by atoms with Crippen LogP contribution in [0.25, 0.3) is 10.8 Å². The van der Waals surface area contributed by atoms with Crippen molar-refractivity contribution in [3.05, 3.63) is 64.6 Å². The van der Waals surface area contributed by atoms with E-state index in [1.807, 2.05) is 55.1 Å². The molecular weight excluding hydrogens is 392 g/mol. The molecule has 1 aromatic heterocycles. The largest absolute Gasteiger partial charge is 0.497 e. The molecule has 7 nitrogen and oxygen atoms in total. The number of hydrogen-bond donors (Lipinski definition) is 1. The van der Waals surface area contributed by atoms with Crippen LogP contribution in [0, 0.1) is 0 Å². The zero-order chi connectivity index (χ0) is 22.0. The molecule has 1 N–H and O–H groups in total. The van der Waals surface area contributed by atoms with Crippen molar-refractivity contribution >= 4 is 22.4 Å². The number of carbonyl (C=O) groups excluding carboxylic acids is 1. The van der Waals surface area contributed by atoms with E-state index in [0.717, 1.165) is 24.3 Å². The maximum atomic E-state index is 13.4. The van der Waals surface area contributed by atoms with Gasteiger partial charge in [-0.05, 0) is 44.9 Å². The van der Waals surface area contributed by atoms with Crippen LogP contribution in [0.2, 0.25) is 0 Å². The van der Waals surface area contributed by atoms with Crippen LogP contribution in [0.1, 0.15) is 43.2 Å². The first-order valence-electron chi connectivity index (χ1n) is 10.7. The number of piperidine rings is 1. The fourth-order valence-corrected chi connectivity index (χ4v) is 4.04. The number of likely N-dealkylation sites (tertiary alicyclic amines) is 1. The Balaban J connectivity index is 1.52. The lowest BCUT2D eigenvalue weighted by molar-refractivity contribution is 0.0711. The Bertz CT molecular complexity index is 1150. The Morgan fingerprint density at radius 1 is 1.10 bits per heavy atom. The summed E-state index contributed by atoms with van der Waals surface area (Å²) in [5.41, 5.74) is 1.20. The van der Waals surface area contributed by atoms with Crippen molar-refractivity contribution < 1.29 is 9.53 Å². The average molecular weight is 421 g/mol. The highest BCUT2D eigenvalue weighted by atomic mass is 16.5. The normalized spacial score (nSPS) is 14.8. The molecule has 0 atom stereocenters. The number of hydrogen-bond acceptors (Lipinski definition) is 5. The summed E-state index contributed by atoms with van der Waals surface area (Å²) < 4.78 is 6.70. The van der Waals surface area contributed by atoms with Crippen LogP contribution in [0.4, 0.5) is 5.69 Å². The number of nitrogens with one attached hydrogen (secondary N) is 1. The summed E-state index contributed by atoms with van der Waals surface area (Å²) in [7, 11) is 1.66. The van der Waals surface area contributed by atoms with Crippen LogP contribution >= 0.6 is 0 Å². The van der Waals surface area contributed by atoms with Gasteiger partial charge in [0.05, 0.1) is 18.5 Å². The molecule has 1 aliphatic rings. The second-order valence-corrected chi connectivity index (χ2v) is 8.18. The molecule has 162 valence electrons. The second-order valence-electron chi connectivity index (χ2n) is 8.18. The Hall–Kier alpha value is -3.35. The zero-order valence-corrected chi connectivity index (χ0v) is 18.2. The maximum absolute atomic E-state index is 13.4. The van der Waals surface area contributed by atoms with Crippen molar-refractivity contribution in [1.82, 2.24) is 14.7 Å². The monoisotopic (exact) mass is 420 g/mol. The standard InChI is InChI=1S/C24H28N4O3/c1-16(2)28-23(29)21-10-5-4-9-20(21)22(26-28)24(30)27-13-11-17(12-14-27)25-18-7-6-8-19(15-18)31-3/h4-10,15-17,25H,11-14H2,1-3H3. The summed E-state index contributed by atoms with van der Waals surface area (Å²) in [4.78, 5) is 27.9.